The smallest absolute Gasteiger partial charge is 0.746 e. The van der Waals surface area contributed by atoms with E-state index in [-0.39, 0.29) is 42.4 Å². The van der Waals surface area contributed by atoms with Gasteiger partial charge < -0.3 is 9.66 Å². The van der Waals surface area contributed by atoms with Gasteiger partial charge in [0, 0.05) is 0 Å². The van der Waals surface area contributed by atoms with Gasteiger partial charge in [-0.3, -0.25) is 0 Å². The minimum absolute atomic E-state index is 0. The van der Waals surface area contributed by atoms with Crippen molar-refractivity contribution in [2.45, 2.75) is 50.4 Å². The normalized spacial score (nSPS) is 32.9. The zero-order chi connectivity index (χ0) is 10.8. The van der Waals surface area contributed by atoms with Gasteiger partial charge in [0.1, 0.15) is 10.1 Å². The molecular formula is C9H17NaO4S. The molecule has 0 aromatic heterocycles. The topological polar surface area (TPSA) is 77.4 Å². The SMILES string of the molecule is CCC1CCCC(O)(S(=O)(=O)[O-])CC1.[Na+]. The molecule has 0 aromatic carbocycles. The number of rotatable bonds is 2. The van der Waals surface area contributed by atoms with Crippen molar-refractivity contribution in [3.8, 4) is 0 Å². The van der Waals surface area contributed by atoms with Gasteiger partial charge in [0.05, 0.1) is 0 Å². The Kier molecular flexibility index (Phi) is 6.33. The third-order valence-electron chi connectivity index (χ3n) is 3.17. The summed E-state index contributed by atoms with van der Waals surface area (Å²) in [6.45, 7) is 2.04. The number of hydrogen-bond acceptors (Lipinski definition) is 4. The van der Waals surface area contributed by atoms with Crippen molar-refractivity contribution >= 4 is 10.1 Å². The average Bonchev–Trinajstić information content (AvgIpc) is 2.27. The molecule has 6 heteroatoms. The van der Waals surface area contributed by atoms with E-state index in [2.05, 4.69) is 0 Å². The molecule has 0 aliphatic heterocycles. The van der Waals surface area contributed by atoms with Crippen LogP contribution >= 0.6 is 0 Å². The Morgan fingerprint density at radius 3 is 2.47 bits per heavy atom. The van der Waals surface area contributed by atoms with Crippen LogP contribution in [-0.4, -0.2) is 23.0 Å². The van der Waals surface area contributed by atoms with Crippen LogP contribution in [0.25, 0.3) is 0 Å². The molecule has 2 atom stereocenters. The van der Waals surface area contributed by atoms with Crippen LogP contribution in [0.3, 0.4) is 0 Å². The monoisotopic (exact) mass is 244 g/mol. The van der Waals surface area contributed by atoms with Crippen LogP contribution in [-0.2, 0) is 10.1 Å². The molecule has 4 nitrogen and oxygen atoms in total. The van der Waals surface area contributed by atoms with Gasteiger partial charge in [-0.25, -0.2) is 8.42 Å². The van der Waals surface area contributed by atoms with E-state index in [4.69, 9.17) is 0 Å². The first-order chi connectivity index (χ1) is 6.39. The van der Waals surface area contributed by atoms with E-state index in [1.807, 2.05) is 6.92 Å². The van der Waals surface area contributed by atoms with Gasteiger partial charge in [0.25, 0.3) is 0 Å². The third-order valence-corrected chi connectivity index (χ3v) is 4.50. The molecule has 1 saturated carbocycles. The summed E-state index contributed by atoms with van der Waals surface area (Å²) in [4.78, 5) is -2.00. The molecule has 2 unspecified atom stereocenters. The van der Waals surface area contributed by atoms with Gasteiger partial charge >= 0.3 is 29.6 Å². The quantitative estimate of drug-likeness (QED) is 0.354. The molecule has 84 valence electrons. The molecule has 0 spiro atoms. The van der Waals surface area contributed by atoms with Crippen LogP contribution in [0.1, 0.15) is 45.4 Å². The molecule has 0 amide bonds. The summed E-state index contributed by atoms with van der Waals surface area (Å²) in [6, 6.07) is 0. The van der Waals surface area contributed by atoms with Crippen molar-refractivity contribution in [1.82, 2.24) is 0 Å². The van der Waals surface area contributed by atoms with E-state index in [0.717, 1.165) is 12.8 Å². The molecule has 15 heavy (non-hydrogen) atoms. The minimum atomic E-state index is -4.57. The largest absolute Gasteiger partial charge is 1.00 e. The fraction of sp³-hybridized carbons (Fsp3) is 1.00. The summed E-state index contributed by atoms with van der Waals surface area (Å²) in [5.41, 5.74) is 0. The first-order valence-electron chi connectivity index (χ1n) is 5.07. The van der Waals surface area contributed by atoms with Gasteiger partial charge in [0.2, 0.25) is 0 Å². The van der Waals surface area contributed by atoms with Crippen molar-refractivity contribution in [2.75, 3.05) is 0 Å². The van der Waals surface area contributed by atoms with Gasteiger partial charge in [-0.1, -0.05) is 19.8 Å². The molecule has 0 saturated heterocycles. The molecule has 0 heterocycles. The van der Waals surface area contributed by atoms with Gasteiger partial charge in [0.15, 0.2) is 4.93 Å². The zero-order valence-corrected chi connectivity index (χ0v) is 12.2. The van der Waals surface area contributed by atoms with Crippen LogP contribution in [0, 0.1) is 5.92 Å². The molecule has 0 bridgehead atoms. The first-order valence-corrected chi connectivity index (χ1v) is 6.47. The van der Waals surface area contributed by atoms with Gasteiger partial charge in [-0.05, 0) is 31.6 Å². The van der Waals surface area contributed by atoms with Crippen LogP contribution < -0.4 is 29.6 Å². The van der Waals surface area contributed by atoms with Crippen LogP contribution in [0.5, 0.6) is 0 Å². The standard InChI is InChI=1S/C9H18O4S.Na/c1-2-8-4-3-6-9(10,7-5-8)14(11,12)13;/h8,10H,2-7H2,1H3,(H,11,12,13);/q;+1/p-1. The first kappa shape index (κ1) is 15.9. The van der Waals surface area contributed by atoms with E-state index >= 15 is 0 Å². The number of hydrogen-bond donors (Lipinski definition) is 1. The second-order valence-corrected chi connectivity index (χ2v) is 5.77. The molecule has 0 aromatic rings. The summed E-state index contributed by atoms with van der Waals surface area (Å²) in [6.07, 6.45) is 3.33. The predicted molar refractivity (Wildman–Crippen MR) is 51.5 cm³/mol. The van der Waals surface area contributed by atoms with Crippen molar-refractivity contribution in [2.24, 2.45) is 5.92 Å². The Balaban J connectivity index is 0.00000196. The zero-order valence-electron chi connectivity index (χ0n) is 9.40. The van der Waals surface area contributed by atoms with E-state index < -0.39 is 15.1 Å². The van der Waals surface area contributed by atoms with E-state index in [0.29, 0.717) is 18.8 Å². The van der Waals surface area contributed by atoms with Crippen molar-refractivity contribution in [3.63, 3.8) is 0 Å². The fourth-order valence-electron chi connectivity index (χ4n) is 2.02. The van der Waals surface area contributed by atoms with Crippen molar-refractivity contribution < 1.29 is 47.6 Å². The molecule has 1 rings (SSSR count). The summed E-state index contributed by atoms with van der Waals surface area (Å²) < 4.78 is 32.6. The minimum Gasteiger partial charge on any atom is -0.746 e. The molecule has 0 radical (unpaired) electrons. The van der Waals surface area contributed by atoms with Gasteiger partial charge in [-0.2, -0.15) is 0 Å². The Bertz CT molecular complexity index is 290. The van der Waals surface area contributed by atoms with E-state index in [9.17, 15) is 18.1 Å². The maximum atomic E-state index is 10.9. The van der Waals surface area contributed by atoms with Crippen LogP contribution in [0.4, 0.5) is 0 Å². The maximum absolute atomic E-state index is 10.9. The third kappa shape index (κ3) is 3.98. The number of aliphatic hydroxyl groups is 1. The Labute approximate surface area is 113 Å². The molecule has 1 fully saturated rings. The average molecular weight is 244 g/mol. The Morgan fingerprint density at radius 2 is 2.00 bits per heavy atom. The van der Waals surface area contributed by atoms with Crippen LogP contribution in [0.2, 0.25) is 0 Å². The predicted octanol–water partition coefficient (Wildman–Crippen LogP) is -1.79. The summed E-state index contributed by atoms with van der Waals surface area (Å²) in [7, 11) is -4.57. The van der Waals surface area contributed by atoms with Crippen molar-refractivity contribution in [1.29, 1.82) is 0 Å². The molecule has 1 aliphatic rings. The van der Waals surface area contributed by atoms with Gasteiger partial charge in [-0.15, -0.1) is 0 Å². The molecular weight excluding hydrogens is 227 g/mol. The Hall–Kier alpha value is 0.870. The maximum Gasteiger partial charge on any atom is 1.00 e. The second-order valence-electron chi connectivity index (χ2n) is 4.11. The summed E-state index contributed by atoms with van der Waals surface area (Å²) in [5, 5.41) is 9.70. The fourth-order valence-corrected chi connectivity index (χ4v) is 2.79. The Morgan fingerprint density at radius 1 is 1.40 bits per heavy atom. The van der Waals surface area contributed by atoms with E-state index in [1.54, 1.807) is 0 Å². The summed E-state index contributed by atoms with van der Waals surface area (Å²) in [5.74, 6) is 0.450. The van der Waals surface area contributed by atoms with E-state index in [1.165, 1.54) is 0 Å². The summed E-state index contributed by atoms with van der Waals surface area (Å²) >= 11 is 0. The van der Waals surface area contributed by atoms with Crippen LogP contribution in [0.15, 0.2) is 0 Å². The molecule has 1 N–H and O–H groups in total. The van der Waals surface area contributed by atoms with Crippen molar-refractivity contribution in [3.05, 3.63) is 0 Å². The molecule has 1 aliphatic carbocycles. The second kappa shape index (κ2) is 5.98.